The van der Waals surface area contributed by atoms with Crippen LogP contribution < -0.4 is 5.32 Å². The second-order valence-electron chi connectivity index (χ2n) is 4.07. The van der Waals surface area contributed by atoms with E-state index in [1.54, 1.807) is 11.3 Å². The quantitative estimate of drug-likeness (QED) is 0.787. The molecule has 0 amide bonds. The van der Waals surface area contributed by atoms with Crippen molar-refractivity contribution in [2.24, 2.45) is 0 Å². The Morgan fingerprint density at radius 1 is 1.47 bits per heavy atom. The maximum atomic E-state index is 11.5. The molecule has 0 bridgehead atoms. The highest BCUT2D eigenvalue weighted by molar-refractivity contribution is 7.10. The molecule has 1 aliphatic rings. The highest BCUT2D eigenvalue weighted by Crippen LogP contribution is 2.09. The molecule has 1 aromatic rings. The molecular formula is C12H18N2O2S. The Hall–Kier alpha value is -0.910. The zero-order valence-electron chi connectivity index (χ0n) is 9.85. The topological polar surface area (TPSA) is 41.6 Å². The standard InChI is InChI=1S/C12H18N2O2S/c15-12(10-11-2-1-9-17-11)16-8-7-14-5-3-13-4-6-14/h1-2,9,13H,3-8,10H2. The molecular weight excluding hydrogens is 236 g/mol. The van der Waals surface area contributed by atoms with Gasteiger partial charge in [0.1, 0.15) is 6.61 Å². The molecule has 0 aromatic carbocycles. The van der Waals surface area contributed by atoms with E-state index in [2.05, 4.69) is 10.2 Å². The number of thiophene rings is 1. The molecule has 0 spiro atoms. The largest absolute Gasteiger partial charge is 0.464 e. The Bertz CT molecular complexity index is 334. The van der Waals surface area contributed by atoms with E-state index < -0.39 is 0 Å². The molecule has 0 aliphatic carbocycles. The minimum atomic E-state index is -0.123. The summed E-state index contributed by atoms with van der Waals surface area (Å²) in [5.41, 5.74) is 0. The summed E-state index contributed by atoms with van der Waals surface area (Å²) in [4.78, 5) is 14.9. The number of hydrogen-bond acceptors (Lipinski definition) is 5. The number of rotatable bonds is 5. The van der Waals surface area contributed by atoms with Crippen molar-refractivity contribution in [3.05, 3.63) is 22.4 Å². The predicted octanol–water partition coefficient (Wildman–Crippen LogP) is 0.739. The Kier molecular flexibility index (Phi) is 4.97. The van der Waals surface area contributed by atoms with Gasteiger partial charge in [-0.1, -0.05) is 6.07 Å². The van der Waals surface area contributed by atoms with E-state index in [-0.39, 0.29) is 5.97 Å². The van der Waals surface area contributed by atoms with Crippen LogP contribution in [-0.2, 0) is 16.0 Å². The molecule has 1 aromatic heterocycles. The normalized spacial score (nSPS) is 16.9. The average Bonchev–Trinajstić information content (AvgIpc) is 2.83. The average molecular weight is 254 g/mol. The third-order valence-electron chi connectivity index (χ3n) is 2.78. The molecule has 17 heavy (non-hydrogen) atoms. The molecule has 4 nitrogen and oxygen atoms in total. The van der Waals surface area contributed by atoms with E-state index >= 15 is 0 Å². The van der Waals surface area contributed by atoms with Crippen LogP contribution in [0.15, 0.2) is 17.5 Å². The first-order valence-electron chi connectivity index (χ1n) is 5.95. The molecule has 1 saturated heterocycles. The SMILES string of the molecule is O=C(Cc1cccs1)OCCN1CCNCC1. The van der Waals surface area contributed by atoms with Gasteiger partial charge in [0.25, 0.3) is 0 Å². The molecule has 5 heteroatoms. The number of esters is 1. The highest BCUT2D eigenvalue weighted by atomic mass is 32.1. The van der Waals surface area contributed by atoms with Crippen LogP contribution in [0.3, 0.4) is 0 Å². The third-order valence-corrected chi connectivity index (χ3v) is 3.66. The number of hydrogen-bond donors (Lipinski definition) is 1. The minimum absolute atomic E-state index is 0.123. The predicted molar refractivity (Wildman–Crippen MR) is 68.3 cm³/mol. The maximum absolute atomic E-state index is 11.5. The molecule has 94 valence electrons. The molecule has 0 radical (unpaired) electrons. The van der Waals surface area contributed by atoms with E-state index in [1.165, 1.54) is 0 Å². The van der Waals surface area contributed by atoms with Crippen LogP contribution in [-0.4, -0.2) is 50.2 Å². The van der Waals surface area contributed by atoms with Crippen LogP contribution in [0.2, 0.25) is 0 Å². The van der Waals surface area contributed by atoms with Crippen LogP contribution in [0.25, 0.3) is 0 Å². The molecule has 1 aliphatic heterocycles. The smallest absolute Gasteiger partial charge is 0.311 e. The number of ether oxygens (including phenoxy) is 1. The van der Waals surface area contributed by atoms with Crippen molar-refractivity contribution in [2.45, 2.75) is 6.42 Å². The second-order valence-corrected chi connectivity index (χ2v) is 5.10. The van der Waals surface area contributed by atoms with Gasteiger partial charge in [-0.15, -0.1) is 11.3 Å². The fraction of sp³-hybridized carbons (Fsp3) is 0.583. The molecule has 0 unspecified atom stereocenters. The van der Waals surface area contributed by atoms with Crippen LogP contribution in [0.5, 0.6) is 0 Å². The molecule has 0 atom stereocenters. The number of piperazine rings is 1. The van der Waals surface area contributed by atoms with E-state index in [9.17, 15) is 4.79 Å². The molecule has 2 heterocycles. The van der Waals surface area contributed by atoms with Gasteiger partial charge in [0.05, 0.1) is 6.42 Å². The first-order chi connectivity index (χ1) is 8.34. The van der Waals surface area contributed by atoms with Crippen molar-refractivity contribution < 1.29 is 9.53 Å². The van der Waals surface area contributed by atoms with E-state index in [1.807, 2.05) is 17.5 Å². The van der Waals surface area contributed by atoms with Gasteiger partial charge in [0.15, 0.2) is 0 Å². The lowest BCUT2D eigenvalue weighted by atomic mass is 10.3. The fourth-order valence-corrected chi connectivity index (χ4v) is 2.52. The number of carbonyl (C=O) groups is 1. The zero-order valence-corrected chi connectivity index (χ0v) is 10.7. The summed E-state index contributed by atoms with van der Waals surface area (Å²) in [6, 6.07) is 3.91. The lowest BCUT2D eigenvalue weighted by Gasteiger charge is -2.26. The van der Waals surface area contributed by atoms with Gasteiger partial charge in [-0.05, 0) is 11.4 Å². The van der Waals surface area contributed by atoms with Crippen molar-refractivity contribution in [2.75, 3.05) is 39.3 Å². The number of carbonyl (C=O) groups excluding carboxylic acids is 1. The summed E-state index contributed by atoms with van der Waals surface area (Å²) in [6.45, 7) is 5.50. The van der Waals surface area contributed by atoms with Gasteiger partial charge in [0, 0.05) is 37.6 Å². The number of nitrogens with one attached hydrogen (secondary N) is 1. The first kappa shape index (κ1) is 12.5. The number of nitrogens with zero attached hydrogens (tertiary/aromatic N) is 1. The van der Waals surface area contributed by atoms with E-state index in [0.717, 1.165) is 37.6 Å². The van der Waals surface area contributed by atoms with Crippen LogP contribution >= 0.6 is 11.3 Å². The lowest BCUT2D eigenvalue weighted by Crippen LogP contribution is -2.44. The Morgan fingerprint density at radius 2 is 2.29 bits per heavy atom. The summed E-state index contributed by atoms with van der Waals surface area (Å²) < 4.78 is 5.22. The van der Waals surface area contributed by atoms with Crippen LogP contribution in [0, 0.1) is 0 Å². The van der Waals surface area contributed by atoms with Gasteiger partial charge < -0.3 is 10.1 Å². The zero-order chi connectivity index (χ0) is 11.9. The van der Waals surface area contributed by atoms with Gasteiger partial charge in [-0.2, -0.15) is 0 Å². The monoisotopic (exact) mass is 254 g/mol. The first-order valence-corrected chi connectivity index (χ1v) is 6.83. The maximum Gasteiger partial charge on any atom is 0.311 e. The van der Waals surface area contributed by atoms with E-state index in [4.69, 9.17) is 4.74 Å². The Labute approximate surface area is 106 Å². The summed E-state index contributed by atoms with van der Waals surface area (Å²) in [5.74, 6) is -0.123. The lowest BCUT2D eigenvalue weighted by molar-refractivity contribution is -0.143. The molecule has 1 N–H and O–H groups in total. The van der Waals surface area contributed by atoms with Gasteiger partial charge >= 0.3 is 5.97 Å². The summed E-state index contributed by atoms with van der Waals surface area (Å²) in [7, 11) is 0. The minimum Gasteiger partial charge on any atom is -0.464 e. The van der Waals surface area contributed by atoms with Crippen molar-refractivity contribution in [3.8, 4) is 0 Å². The van der Waals surface area contributed by atoms with Gasteiger partial charge in [-0.3, -0.25) is 9.69 Å². The van der Waals surface area contributed by atoms with Crippen molar-refractivity contribution in [1.82, 2.24) is 10.2 Å². The Balaban J connectivity index is 1.59. The van der Waals surface area contributed by atoms with Crippen LogP contribution in [0.4, 0.5) is 0 Å². The second kappa shape index (κ2) is 6.74. The molecule has 1 fully saturated rings. The van der Waals surface area contributed by atoms with E-state index in [0.29, 0.717) is 13.0 Å². The summed E-state index contributed by atoms with van der Waals surface area (Å²) in [6.07, 6.45) is 0.402. The van der Waals surface area contributed by atoms with Crippen molar-refractivity contribution >= 4 is 17.3 Å². The molecule has 2 rings (SSSR count). The van der Waals surface area contributed by atoms with Crippen LogP contribution in [0.1, 0.15) is 4.88 Å². The van der Waals surface area contributed by atoms with Crippen molar-refractivity contribution in [1.29, 1.82) is 0 Å². The fourth-order valence-electron chi connectivity index (χ4n) is 1.83. The van der Waals surface area contributed by atoms with Crippen molar-refractivity contribution in [3.63, 3.8) is 0 Å². The Morgan fingerprint density at radius 3 is 3.00 bits per heavy atom. The van der Waals surface area contributed by atoms with Gasteiger partial charge in [-0.25, -0.2) is 0 Å². The van der Waals surface area contributed by atoms with Gasteiger partial charge in [0.2, 0.25) is 0 Å². The molecule has 0 saturated carbocycles. The summed E-state index contributed by atoms with van der Waals surface area (Å²) in [5, 5.41) is 5.27. The highest BCUT2D eigenvalue weighted by Gasteiger charge is 2.10. The summed E-state index contributed by atoms with van der Waals surface area (Å²) >= 11 is 1.59. The third kappa shape index (κ3) is 4.46.